The van der Waals surface area contributed by atoms with Gasteiger partial charge in [-0.15, -0.1) is 0 Å². The van der Waals surface area contributed by atoms with Crippen LogP contribution in [0, 0.1) is 12.7 Å². The van der Waals surface area contributed by atoms with Crippen molar-refractivity contribution < 1.29 is 22.3 Å². The third kappa shape index (κ3) is 4.49. The molecular formula is C18H20FNO4S. The first-order valence-corrected chi connectivity index (χ1v) is 9.56. The Labute approximate surface area is 146 Å². The number of sulfonamides is 1. The number of benzene rings is 2. The van der Waals surface area contributed by atoms with Crippen molar-refractivity contribution in [2.45, 2.75) is 30.8 Å². The lowest BCUT2D eigenvalue weighted by Crippen LogP contribution is -2.26. The molecule has 0 atom stereocenters. The number of halogens is 1. The fraction of sp³-hybridized carbons (Fsp3) is 0.333. The highest BCUT2D eigenvalue weighted by atomic mass is 32.2. The zero-order valence-electron chi connectivity index (χ0n) is 13.9. The Bertz CT molecular complexity index is 831. The molecule has 1 heterocycles. The first-order valence-electron chi connectivity index (χ1n) is 8.07. The quantitative estimate of drug-likeness (QED) is 0.881. The van der Waals surface area contributed by atoms with E-state index in [0.29, 0.717) is 26.1 Å². The minimum absolute atomic E-state index is 0.0849. The molecule has 0 radical (unpaired) electrons. The summed E-state index contributed by atoms with van der Waals surface area (Å²) in [6.45, 7) is 3.07. The second-order valence-electron chi connectivity index (χ2n) is 5.99. The van der Waals surface area contributed by atoms with Crippen LogP contribution in [0.3, 0.4) is 0 Å². The molecule has 0 spiro atoms. The van der Waals surface area contributed by atoms with Crippen molar-refractivity contribution in [2.75, 3.05) is 17.9 Å². The largest absolute Gasteiger partial charge is 0.487 e. The average Bonchev–Trinajstić information content (AvgIpc) is 2.58. The fourth-order valence-corrected chi connectivity index (χ4v) is 3.61. The lowest BCUT2D eigenvalue weighted by molar-refractivity contribution is 0.0240. The van der Waals surface area contributed by atoms with Gasteiger partial charge in [-0.05, 0) is 31.2 Å². The molecular weight excluding hydrogens is 345 g/mol. The van der Waals surface area contributed by atoms with E-state index in [1.165, 1.54) is 24.3 Å². The Balaban J connectivity index is 1.72. The normalized spacial score (nSPS) is 15.8. The van der Waals surface area contributed by atoms with Crippen molar-refractivity contribution in [2.24, 2.45) is 0 Å². The molecule has 3 rings (SSSR count). The van der Waals surface area contributed by atoms with Crippen LogP contribution in [-0.4, -0.2) is 27.7 Å². The van der Waals surface area contributed by atoms with Gasteiger partial charge in [0.2, 0.25) is 0 Å². The molecule has 1 aliphatic heterocycles. The van der Waals surface area contributed by atoms with Crippen LogP contribution in [0.15, 0.2) is 47.4 Å². The minimum Gasteiger partial charge on any atom is -0.487 e. The van der Waals surface area contributed by atoms with Crippen molar-refractivity contribution >= 4 is 15.7 Å². The maximum atomic E-state index is 14.2. The van der Waals surface area contributed by atoms with Gasteiger partial charge in [-0.1, -0.05) is 17.7 Å². The molecule has 0 aromatic heterocycles. The Morgan fingerprint density at radius 3 is 2.44 bits per heavy atom. The maximum Gasteiger partial charge on any atom is 0.261 e. The smallest absolute Gasteiger partial charge is 0.261 e. The third-order valence-electron chi connectivity index (χ3n) is 3.98. The highest BCUT2D eigenvalue weighted by molar-refractivity contribution is 7.92. The second-order valence-corrected chi connectivity index (χ2v) is 7.68. The van der Waals surface area contributed by atoms with Crippen molar-refractivity contribution in [3.8, 4) is 5.75 Å². The monoisotopic (exact) mass is 365 g/mol. The van der Waals surface area contributed by atoms with Crippen molar-refractivity contribution in [3.05, 3.63) is 53.8 Å². The van der Waals surface area contributed by atoms with E-state index < -0.39 is 15.8 Å². The molecule has 0 bridgehead atoms. The first kappa shape index (κ1) is 17.7. The molecule has 1 aliphatic rings. The molecule has 1 saturated heterocycles. The van der Waals surface area contributed by atoms with E-state index in [2.05, 4.69) is 4.72 Å². The predicted octanol–water partition coefficient (Wildman–Crippen LogP) is 3.49. The lowest BCUT2D eigenvalue weighted by Gasteiger charge is -2.23. The van der Waals surface area contributed by atoms with Gasteiger partial charge < -0.3 is 9.47 Å². The topological polar surface area (TPSA) is 64.6 Å². The van der Waals surface area contributed by atoms with Gasteiger partial charge in [0.25, 0.3) is 10.0 Å². The zero-order chi connectivity index (χ0) is 17.9. The standard InChI is InChI=1S/C18H20FNO4S/c1-13-2-5-16(6-3-13)25(21,22)20-14-4-7-18(17(19)12-14)24-15-8-10-23-11-9-15/h2-7,12,15,20H,8-11H2,1H3. The number of ether oxygens (including phenoxy) is 2. The van der Waals surface area contributed by atoms with Crippen LogP contribution >= 0.6 is 0 Å². The van der Waals surface area contributed by atoms with Gasteiger partial charge in [-0.2, -0.15) is 0 Å². The van der Waals surface area contributed by atoms with Crippen LogP contribution in [0.1, 0.15) is 18.4 Å². The molecule has 2 aromatic rings. The van der Waals surface area contributed by atoms with Gasteiger partial charge in [0.15, 0.2) is 11.6 Å². The summed E-state index contributed by atoms with van der Waals surface area (Å²) in [7, 11) is -3.76. The molecule has 2 aromatic carbocycles. The van der Waals surface area contributed by atoms with Gasteiger partial charge in [0, 0.05) is 18.9 Å². The van der Waals surface area contributed by atoms with Crippen molar-refractivity contribution in [3.63, 3.8) is 0 Å². The molecule has 134 valence electrons. The van der Waals surface area contributed by atoms with Gasteiger partial charge in [-0.3, -0.25) is 4.72 Å². The summed E-state index contributed by atoms with van der Waals surface area (Å²) in [6.07, 6.45) is 1.33. The van der Waals surface area contributed by atoms with E-state index in [9.17, 15) is 12.8 Å². The highest BCUT2D eigenvalue weighted by Gasteiger charge is 2.19. The molecule has 5 nitrogen and oxygen atoms in total. The predicted molar refractivity (Wildman–Crippen MR) is 92.9 cm³/mol. The first-order chi connectivity index (χ1) is 11.9. The van der Waals surface area contributed by atoms with Gasteiger partial charge in [0.1, 0.15) is 6.10 Å². The molecule has 25 heavy (non-hydrogen) atoms. The van der Waals surface area contributed by atoms with Crippen LogP contribution in [0.5, 0.6) is 5.75 Å². The molecule has 1 fully saturated rings. The summed E-state index contributed by atoms with van der Waals surface area (Å²) in [4.78, 5) is 0.126. The Kier molecular flexibility index (Phi) is 5.24. The number of aryl methyl sites for hydroxylation is 1. The molecule has 0 aliphatic carbocycles. The van der Waals surface area contributed by atoms with Crippen LogP contribution in [0.4, 0.5) is 10.1 Å². The minimum atomic E-state index is -3.76. The summed E-state index contributed by atoms with van der Waals surface area (Å²) in [5.41, 5.74) is 1.11. The van der Waals surface area contributed by atoms with Crippen LogP contribution in [0.2, 0.25) is 0 Å². The van der Waals surface area contributed by atoms with Crippen molar-refractivity contribution in [1.82, 2.24) is 0 Å². The Hall–Kier alpha value is -2.12. The van der Waals surface area contributed by atoms with Gasteiger partial charge in [0.05, 0.1) is 23.8 Å². The summed E-state index contributed by atoms with van der Waals surface area (Å²) < 4.78 is 52.2. The van der Waals surface area contributed by atoms with Crippen molar-refractivity contribution in [1.29, 1.82) is 0 Å². The number of rotatable bonds is 5. The number of anilines is 1. The third-order valence-corrected chi connectivity index (χ3v) is 5.37. The summed E-state index contributed by atoms with van der Waals surface area (Å²) in [6, 6.07) is 10.5. The Morgan fingerprint density at radius 2 is 1.80 bits per heavy atom. The average molecular weight is 365 g/mol. The maximum absolute atomic E-state index is 14.2. The Morgan fingerprint density at radius 1 is 1.12 bits per heavy atom. The SMILES string of the molecule is Cc1ccc(S(=O)(=O)Nc2ccc(OC3CCOCC3)c(F)c2)cc1. The van der Waals surface area contributed by atoms with Gasteiger partial charge in [-0.25, -0.2) is 12.8 Å². The van der Waals surface area contributed by atoms with E-state index in [-0.39, 0.29) is 22.4 Å². The van der Waals surface area contributed by atoms with Crippen LogP contribution in [-0.2, 0) is 14.8 Å². The molecule has 7 heteroatoms. The van der Waals surface area contributed by atoms with Crippen LogP contribution < -0.4 is 9.46 Å². The van der Waals surface area contributed by atoms with E-state index in [0.717, 1.165) is 11.6 Å². The highest BCUT2D eigenvalue weighted by Crippen LogP contribution is 2.26. The molecule has 0 saturated carbocycles. The van der Waals surface area contributed by atoms with Gasteiger partial charge >= 0.3 is 0 Å². The fourth-order valence-electron chi connectivity index (χ4n) is 2.56. The van der Waals surface area contributed by atoms with Crippen LogP contribution in [0.25, 0.3) is 0 Å². The van der Waals surface area contributed by atoms with E-state index in [1.807, 2.05) is 6.92 Å². The zero-order valence-corrected chi connectivity index (χ0v) is 14.7. The van der Waals surface area contributed by atoms with E-state index in [4.69, 9.17) is 9.47 Å². The number of hydrogen-bond acceptors (Lipinski definition) is 4. The molecule has 0 amide bonds. The summed E-state index contributed by atoms with van der Waals surface area (Å²) in [5, 5.41) is 0. The summed E-state index contributed by atoms with van der Waals surface area (Å²) in [5.74, 6) is -0.485. The molecule has 0 unspecified atom stereocenters. The molecule has 1 N–H and O–H groups in total. The van der Waals surface area contributed by atoms with E-state index >= 15 is 0 Å². The number of nitrogens with one attached hydrogen (secondary N) is 1. The lowest BCUT2D eigenvalue weighted by atomic mass is 10.1. The second kappa shape index (κ2) is 7.41. The summed E-state index contributed by atoms with van der Waals surface area (Å²) >= 11 is 0. The number of hydrogen-bond donors (Lipinski definition) is 1. The van der Waals surface area contributed by atoms with E-state index in [1.54, 1.807) is 12.1 Å².